The molecule has 1 aliphatic carbocycles. The highest BCUT2D eigenvalue weighted by atomic mass is 15.1. The number of imidazole rings is 1. The molecule has 4 nitrogen and oxygen atoms in total. The molecule has 0 radical (unpaired) electrons. The Labute approximate surface area is 96.5 Å². The van der Waals surface area contributed by atoms with Gasteiger partial charge in [-0.25, -0.2) is 4.98 Å². The minimum atomic E-state index is 0.211. The zero-order chi connectivity index (χ0) is 11.4. The molecule has 1 aliphatic rings. The summed E-state index contributed by atoms with van der Waals surface area (Å²) in [6.07, 6.45) is 9.27. The summed E-state index contributed by atoms with van der Waals surface area (Å²) in [5.41, 5.74) is 7.02. The minimum absolute atomic E-state index is 0.211. The molecule has 1 atom stereocenters. The van der Waals surface area contributed by atoms with Gasteiger partial charge in [0, 0.05) is 18.8 Å². The van der Waals surface area contributed by atoms with Gasteiger partial charge >= 0.3 is 0 Å². The van der Waals surface area contributed by atoms with Gasteiger partial charge in [0.15, 0.2) is 0 Å². The van der Waals surface area contributed by atoms with E-state index in [0.29, 0.717) is 12.6 Å². The Balaban J connectivity index is 2.00. The van der Waals surface area contributed by atoms with Crippen LogP contribution in [0.25, 0.3) is 0 Å². The highest BCUT2D eigenvalue weighted by molar-refractivity contribution is 5.09. The maximum Gasteiger partial charge on any atom is 0.0951 e. The highest BCUT2D eigenvalue weighted by Crippen LogP contribution is 2.36. The zero-order valence-corrected chi connectivity index (χ0v) is 9.60. The van der Waals surface area contributed by atoms with Crippen LogP contribution in [0.15, 0.2) is 25.2 Å². The first kappa shape index (κ1) is 11.4. The smallest absolute Gasteiger partial charge is 0.0951 e. The fourth-order valence-electron chi connectivity index (χ4n) is 1.91. The third-order valence-electron chi connectivity index (χ3n) is 2.97. The van der Waals surface area contributed by atoms with Gasteiger partial charge in [-0.2, -0.15) is 0 Å². The average molecular weight is 220 g/mol. The predicted octanol–water partition coefficient (Wildman–Crippen LogP) is 1.38. The minimum Gasteiger partial charge on any atom is -0.330 e. The second-order valence-electron chi connectivity index (χ2n) is 4.28. The molecule has 0 bridgehead atoms. The van der Waals surface area contributed by atoms with E-state index in [9.17, 15) is 0 Å². The van der Waals surface area contributed by atoms with Gasteiger partial charge in [0.25, 0.3) is 0 Å². The third-order valence-corrected chi connectivity index (χ3v) is 2.97. The van der Waals surface area contributed by atoms with Crippen LogP contribution in [-0.4, -0.2) is 22.6 Å². The molecular formula is C12H20N4. The molecule has 1 aromatic heterocycles. The van der Waals surface area contributed by atoms with Crippen molar-refractivity contribution in [2.45, 2.75) is 31.3 Å². The number of hydrogen-bond acceptors (Lipinski definition) is 3. The molecule has 2 rings (SSSR count). The molecule has 1 saturated carbocycles. The maximum atomic E-state index is 5.81. The summed E-state index contributed by atoms with van der Waals surface area (Å²) < 4.78 is 2.26. The lowest BCUT2D eigenvalue weighted by Gasteiger charge is -2.18. The zero-order valence-electron chi connectivity index (χ0n) is 9.60. The van der Waals surface area contributed by atoms with Crippen LogP contribution in [0.2, 0.25) is 0 Å². The molecule has 1 heterocycles. The van der Waals surface area contributed by atoms with Crippen molar-refractivity contribution in [1.29, 1.82) is 0 Å². The van der Waals surface area contributed by atoms with Crippen LogP contribution >= 0.6 is 0 Å². The Bertz CT molecular complexity index is 341. The Kier molecular flexibility index (Phi) is 3.74. The summed E-state index contributed by atoms with van der Waals surface area (Å²) in [5.74, 6) is 0. The molecule has 1 unspecified atom stereocenters. The molecular weight excluding hydrogens is 200 g/mol. The molecule has 0 saturated heterocycles. The Hall–Kier alpha value is -1.13. The SMILES string of the molecule is C=CCCNC(CN)c1cncn1C1CC1. The van der Waals surface area contributed by atoms with Gasteiger partial charge in [0.1, 0.15) is 0 Å². The first-order valence-corrected chi connectivity index (χ1v) is 5.93. The normalized spacial score (nSPS) is 17.3. The van der Waals surface area contributed by atoms with Gasteiger partial charge < -0.3 is 15.6 Å². The summed E-state index contributed by atoms with van der Waals surface area (Å²) in [6.45, 7) is 5.24. The van der Waals surface area contributed by atoms with Gasteiger partial charge in [-0.05, 0) is 25.8 Å². The number of nitrogens with zero attached hydrogens (tertiary/aromatic N) is 2. The lowest BCUT2D eigenvalue weighted by atomic mass is 10.2. The first-order valence-electron chi connectivity index (χ1n) is 5.93. The van der Waals surface area contributed by atoms with E-state index < -0.39 is 0 Å². The Morgan fingerprint density at radius 2 is 2.50 bits per heavy atom. The third kappa shape index (κ3) is 2.51. The van der Waals surface area contributed by atoms with Crippen LogP contribution in [0.4, 0.5) is 0 Å². The lowest BCUT2D eigenvalue weighted by molar-refractivity contribution is 0.508. The van der Waals surface area contributed by atoms with Gasteiger partial charge in [0.2, 0.25) is 0 Å². The van der Waals surface area contributed by atoms with Crippen molar-refractivity contribution in [1.82, 2.24) is 14.9 Å². The Morgan fingerprint density at radius 1 is 1.69 bits per heavy atom. The van der Waals surface area contributed by atoms with E-state index in [0.717, 1.165) is 13.0 Å². The molecule has 3 N–H and O–H groups in total. The van der Waals surface area contributed by atoms with E-state index in [-0.39, 0.29) is 6.04 Å². The van der Waals surface area contributed by atoms with Gasteiger partial charge in [-0.3, -0.25) is 0 Å². The van der Waals surface area contributed by atoms with Crippen molar-refractivity contribution >= 4 is 0 Å². The largest absolute Gasteiger partial charge is 0.330 e. The van der Waals surface area contributed by atoms with Crippen LogP contribution in [-0.2, 0) is 0 Å². The fraction of sp³-hybridized carbons (Fsp3) is 0.583. The molecule has 16 heavy (non-hydrogen) atoms. The number of aromatic nitrogens is 2. The number of nitrogens with one attached hydrogen (secondary N) is 1. The monoisotopic (exact) mass is 220 g/mol. The topological polar surface area (TPSA) is 55.9 Å². The molecule has 0 aliphatic heterocycles. The molecule has 1 aromatic rings. The van der Waals surface area contributed by atoms with E-state index in [2.05, 4.69) is 21.4 Å². The summed E-state index contributed by atoms with van der Waals surface area (Å²) in [6, 6.07) is 0.871. The number of hydrogen-bond donors (Lipinski definition) is 2. The van der Waals surface area contributed by atoms with Crippen molar-refractivity contribution in [2.24, 2.45) is 5.73 Å². The van der Waals surface area contributed by atoms with Crippen molar-refractivity contribution in [3.63, 3.8) is 0 Å². The van der Waals surface area contributed by atoms with E-state index >= 15 is 0 Å². The van der Waals surface area contributed by atoms with Gasteiger partial charge in [-0.1, -0.05) is 6.08 Å². The lowest BCUT2D eigenvalue weighted by Crippen LogP contribution is -2.30. The molecule has 0 amide bonds. The van der Waals surface area contributed by atoms with E-state index in [4.69, 9.17) is 5.73 Å². The molecule has 0 aromatic carbocycles. The molecule has 88 valence electrons. The Morgan fingerprint density at radius 3 is 3.12 bits per heavy atom. The van der Waals surface area contributed by atoms with Crippen LogP contribution in [0.3, 0.4) is 0 Å². The predicted molar refractivity (Wildman–Crippen MR) is 65.1 cm³/mol. The van der Waals surface area contributed by atoms with E-state index in [1.165, 1.54) is 18.5 Å². The summed E-state index contributed by atoms with van der Waals surface area (Å²) in [7, 11) is 0. The van der Waals surface area contributed by atoms with Crippen molar-refractivity contribution in [3.05, 3.63) is 30.9 Å². The average Bonchev–Trinajstić information content (AvgIpc) is 3.04. The highest BCUT2D eigenvalue weighted by Gasteiger charge is 2.27. The quantitative estimate of drug-likeness (QED) is 0.539. The van der Waals surface area contributed by atoms with Crippen molar-refractivity contribution in [3.8, 4) is 0 Å². The van der Waals surface area contributed by atoms with E-state index in [1.807, 2.05) is 18.6 Å². The van der Waals surface area contributed by atoms with Crippen LogP contribution in [0.5, 0.6) is 0 Å². The van der Waals surface area contributed by atoms with Crippen molar-refractivity contribution in [2.75, 3.05) is 13.1 Å². The second-order valence-corrected chi connectivity index (χ2v) is 4.28. The van der Waals surface area contributed by atoms with Gasteiger partial charge in [0.05, 0.1) is 18.1 Å². The molecule has 0 spiro atoms. The second kappa shape index (κ2) is 5.27. The summed E-state index contributed by atoms with van der Waals surface area (Å²) in [4.78, 5) is 4.23. The van der Waals surface area contributed by atoms with Crippen molar-refractivity contribution < 1.29 is 0 Å². The van der Waals surface area contributed by atoms with Gasteiger partial charge in [-0.15, -0.1) is 6.58 Å². The number of nitrogens with two attached hydrogens (primary N) is 1. The molecule has 1 fully saturated rings. The number of rotatable bonds is 7. The standard InChI is InChI=1S/C12H20N4/c1-2-3-6-15-11(7-13)12-8-14-9-16(12)10-4-5-10/h2,8-11,15H,1,3-7,13H2. The van der Waals surface area contributed by atoms with E-state index in [1.54, 1.807) is 0 Å². The summed E-state index contributed by atoms with van der Waals surface area (Å²) in [5, 5.41) is 3.44. The first-order chi connectivity index (χ1) is 7.86. The maximum absolute atomic E-state index is 5.81. The molecule has 4 heteroatoms. The van der Waals surface area contributed by atoms with Crippen LogP contribution in [0.1, 0.15) is 37.0 Å². The fourth-order valence-corrected chi connectivity index (χ4v) is 1.91. The van der Waals surface area contributed by atoms with Crippen LogP contribution < -0.4 is 11.1 Å². The summed E-state index contributed by atoms with van der Waals surface area (Å²) >= 11 is 0. The van der Waals surface area contributed by atoms with Crippen LogP contribution in [0, 0.1) is 0 Å².